The SMILES string of the molecule is CC1CCN(Cc2ncc(-c3ccc(F)cc3)o2)CC1O. The number of hydrogen-bond acceptors (Lipinski definition) is 4. The number of halogens is 1. The van der Waals surface area contributed by atoms with Crippen LogP contribution in [-0.4, -0.2) is 34.2 Å². The zero-order valence-electron chi connectivity index (χ0n) is 12.0. The maximum absolute atomic E-state index is 12.9. The van der Waals surface area contributed by atoms with E-state index >= 15 is 0 Å². The molecule has 5 heteroatoms. The predicted octanol–water partition coefficient (Wildman–Crippen LogP) is 2.68. The van der Waals surface area contributed by atoms with E-state index in [4.69, 9.17) is 4.42 Å². The minimum atomic E-state index is -0.287. The number of β-amino-alcohol motifs (C(OH)–C–C–N with tert-alkyl or cyclic N) is 1. The fraction of sp³-hybridized carbons (Fsp3) is 0.438. The Morgan fingerprint density at radius 2 is 2.14 bits per heavy atom. The van der Waals surface area contributed by atoms with E-state index in [1.807, 2.05) is 0 Å². The van der Waals surface area contributed by atoms with Crippen LogP contribution in [0, 0.1) is 11.7 Å². The number of oxazole rings is 1. The smallest absolute Gasteiger partial charge is 0.209 e. The van der Waals surface area contributed by atoms with Gasteiger partial charge >= 0.3 is 0 Å². The summed E-state index contributed by atoms with van der Waals surface area (Å²) < 4.78 is 18.6. The van der Waals surface area contributed by atoms with Crippen LogP contribution in [-0.2, 0) is 6.54 Å². The molecule has 0 radical (unpaired) electrons. The lowest BCUT2D eigenvalue weighted by molar-refractivity contribution is 0.0228. The van der Waals surface area contributed by atoms with Gasteiger partial charge in [-0.1, -0.05) is 6.92 Å². The Labute approximate surface area is 123 Å². The summed E-state index contributed by atoms with van der Waals surface area (Å²) in [6, 6.07) is 6.15. The summed E-state index contributed by atoms with van der Waals surface area (Å²) >= 11 is 0. The van der Waals surface area contributed by atoms with Crippen LogP contribution in [0.15, 0.2) is 34.9 Å². The molecule has 2 unspecified atom stereocenters. The molecule has 2 aromatic rings. The van der Waals surface area contributed by atoms with E-state index in [-0.39, 0.29) is 11.9 Å². The van der Waals surface area contributed by atoms with Crippen LogP contribution < -0.4 is 0 Å². The molecule has 1 aromatic heterocycles. The fourth-order valence-electron chi connectivity index (χ4n) is 2.58. The Morgan fingerprint density at radius 1 is 1.38 bits per heavy atom. The quantitative estimate of drug-likeness (QED) is 0.944. The summed E-state index contributed by atoms with van der Waals surface area (Å²) in [6.45, 7) is 4.24. The maximum Gasteiger partial charge on any atom is 0.209 e. The van der Waals surface area contributed by atoms with Crippen LogP contribution in [0.1, 0.15) is 19.2 Å². The first kappa shape index (κ1) is 14.2. The van der Waals surface area contributed by atoms with Crippen molar-refractivity contribution in [2.45, 2.75) is 26.0 Å². The molecular formula is C16H19FN2O2. The molecule has 2 heterocycles. The lowest BCUT2D eigenvalue weighted by Crippen LogP contribution is -2.42. The number of aromatic nitrogens is 1. The summed E-state index contributed by atoms with van der Waals surface area (Å²) in [5.74, 6) is 1.34. The normalized spacial score (nSPS) is 23.4. The van der Waals surface area contributed by atoms with Gasteiger partial charge in [-0.05, 0) is 43.1 Å². The topological polar surface area (TPSA) is 49.5 Å². The van der Waals surface area contributed by atoms with Gasteiger partial charge in [0.25, 0.3) is 0 Å². The maximum atomic E-state index is 12.9. The molecule has 1 aromatic carbocycles. The van der Waals surface area contributed by atoms with Crippen LogP contribution in [0.4, 0.5) is 4.39 Å². The van der Waals surface area contributed by atoms with Crippen molar-refractivity contribution < 1.29 is 13.9 Å². The molecule has 3 rings (SSSR count). The number of rotatable bonds is 3. The van der Waals surface area contributed by atoms with E-state index in [1.54, 1.807) is 18.3 Å². The van der Waals surface area contributed by atoms with Gasteiger partial charge in [0.15, 0.2) is 5.76 Å². The number of piperidine rings is 1. The molecule has 0 aliphatic carbocycles. The second-order valence-electron chi connectivity index (χ2n) is 5.69. The standard InChI is InChI=1S/C16H19FN2O2/c1-11-6-7-19(9-14(11)20)10-16-18-8-15(21-16)12-2-4-13(17)5-3-12/h2-5,8,11,14,20H,6-7,9-10H2,1H3. The van der Waals surface area contributed by atoms with E-state index in [2.05, 4.69) is 16.8 Å². The van der Waals surface area contributed by atoms with Crippen LogP contribution in [0.5, 0.6) is 0 Å². The Bertz CT molecular complexity index is 597. The number of likely N-dealkylation sites (tertiary alicyclic amines) is 1. The molecule has 1 aliphatic heterocycles. The van der Waals surface area contributed by atoms with Gasteiger partial charge in [0.05, 0.1) is 18.8 Å². The first-order valence-corrected chi connectivity index (χ1v) is 7.23. The second-order valence-corrected chi connectivity index (χ2v) is 5.69. The van der Waals surface area contributed by atoms with Crippen molar-refractivity contribution >= 4 is 0 Å². The zero-order valence-corrected chi connectivity index (χ0v) is 12.0. The van der Waals surface area contributed by atoms with Gasteiger partial charge in [-0.25, -0.2) is 9.37 Å². The van der Waals surface area contributed by atoms with Gasteiger partial charge < -0.3 is 9.52 Å². The highest BCUT2D eigenvalue weighted by molar-refractivity contribution is 5.55. The average molecular weight is 290 g/mol. The highest BCUT2D eigenvalue weighted by atomic mass is 19.1. The molecule has 112 valence electrons. The highest BCUT2D eigenvalue weighted by Crippen LogP contribution is 2.23. The van der Waals surface area contributed by atoms with Crippen molar-refractivity contribution in [3.8, 4) is 11.3 Å². The van der Waals surface area contributed by atoms with Crippen LogP contribution in [0.2, 0.25) is 0 Å². The van der Waals surface area contributed by atoms with Crippen LogP contribution >= 0.6 is 0 Å². The summed E-state index contributed by atoms with van der Waals surface area (Å²) in [7, 11) is 0. The van der Waals surface area contributed by atoms with E-state index in [9.17, 15) is 9.50 Å². The molecule has 2 atom stereocenters. The molecule has 1 fully saturated rings. The Morgan fingerprint density at radius 3 is 2.86 bits per heavy atom. The van der Waals surface area contributed by atoms with E-state index < -0.39 is 0 Å². The van der Waals surface area contributed by atoms with Gasteiger partial charge in [-0.15, -0.1) is 0 Å². The van der Waals surface area contributed by atoms with Gasteiger partial charge in [0, 0.05) is 12.1 Å². The van der Waals surface area contributed by atoms with Gasteiger partial charge in [-0.3, -0.25) is 4.90 Å². The van der Waals surface area contributed by atoms with Crippen molar-refractivity contribution in [1.29, 1.82) is 0 Å². The van der Waals surface area contributed by atoms with Crippen molar-refractivity contribution in [2.75, 3.05) is 13.1 Å². The molecule has 1 saturated heterocycles. The molecule has 0 saturated carbocycles. The van der Waals surface area contributed by atoms with Gasteiger partial charge in [0.2, 0.25) is 5.89 Å². The zero-order chi connectivity index (χ0) is 14.8. The average Bonchev–Trinajstić information content (AvgIpc) is 2.92. The van der Waals surface area contributed by atoms with Gasteiger partial charge in [0.1, 0.15) is 5.82 Å². The van der Waals surface area contributed by atoms with Crippen molar-refractivity contribution in [1.82, 2.24) is 9.88 Å². The van der Waals surface area contributed by atoms with E-state index in [1.165, 1.54) is 12.1 Å². The molecule has 1 N–H and O–H groups in total. The van der Waals surface area contributed by atoms with E-state index in [0.29, 0.717) is 30.7 Å². The monoisotopic (exact) mass is 290 g/mol. The first-order chi connectivity index (χ1) is 10.1. The Hall–Kier alpha value is -1.72. The predicted molar refractivity (Wildman–Crippen MR) is 77.0 cm³/mol. The summed E-state index contributed by atoms with van der Waals surface area (Å²) in [5, 5.41) is 9.91. The molecule has 4 nitrogen and oxygen atoms in total. The van der Waals surface area contributed by atoms with Gasteiger partial charge in [-0.2, -0.15) is 0 Å². The summed E-state index contributed by atoms with van der Waals surface area (Å²) in [5.41, 5.74) is 0.808. The fourth-order valence-corrected chi connectivity index (χ4v) is 2.58. The lowest BCUT2D eigenvalue weighted by Gasteiger charge is -2.33. The molecule has 0 bridgehead atoms. The molecule has 21 heavy (non-hydrogen) atoms. The van der Waals surface area contributed by atoms with Crippen molar-refractivity contribution in [3.63, 3.8) is 0 Å². The van der Waals surface area contributed by atoms with Crippen LogP contribution in [0.3, 0.4) is 0 Å². The highest BCUT2D eigenvalue weighted by Gasteiger charge is 2.25. The largest absolute Gasteiger partial charge is 0.439 e. The molecular weight excluding hydrogens is 271 g/mol. The molecule has 1 aliphatic rings. The minimum absolute atomic E-state index is 0.269. The third-order valence-corrected chi connectivity index (χ3v) is 4.04. The number of benzene rings is 1. The second kappa shape index (κ2) is 5.95. The number of hydrogen-bond donors (Lipinski definition) is 1. The third-order valence-electron chi connectivity index (χ3n) is 4.04. The number of nitrogens with zero attached hydrogens (tertiary/aromatic N) is 2. The minimum Gasteiger partial charge on any atom is -0.439 e. The first-order valence-electron chi connectivity index (χ1n) is 7.23. The summed E-state index contributed by atoms with van der Waals surface area (Å²) in [6.07, 6.45) is 2.35. The van der Waals surface area contributed by atoms with Crippen LogP contribution in [0.25, 0.3) is 11.3 Å². The number of aliphatic hydroxyl groups excluding tert-OH is 1. The molecule has 0 amide bonds. The molecule has 0 spiro atoms. The lowest BCUT2D eigenvalue weighted by atomic mass is 9.96. The third kappa shape index (κ3) is 3.31. The Balaban J connectivity index is 1.66. The summed E-state index contributed by atoms with van der Waals surface area (Å²) in [4.78, 5) is 6.41. The van der Waals surface area contributed by atoms with Crippen molar-refractivity contribution in [3.05, 3.63) is 42.2 Å². The van der Waals surface area contributed by atoms with Crippen molar-refractivity contribution in [2.24, 2.45) is 5.92 Å². The Kier molecular flexibility index (Phi) is 4.03. The number of aliphatic hydroxyl groups is 1. The van der Waals surface area contributed by atoms with E-state index in [0.717, 1.165) is 18.5 Å².